The van der Waals surface area contributed by atoms with E-state index in [0.717, 1.165) is 5.56 Å². The Morgan fingerprint density at radius 3 is 1.87 bits per heavy atom. The molecule has 0 unspecified atom stereocenters. The Hall–Kier alpha value is -3.04. The van der Waals surface area contributed by atoms with Crippen LogP contribution in [-0.2, 0) is 33.9 Å². The zero-order valence-electron chi connectivity index (χ0n) is 21.2. The number of aromatic nitrogens is 1. The van der Waals surface area contributed by atoms with E-state index in [1.165, 1.54) is 0 Å². The van der Waals surface area contributed by atoms with Crippen molar-refractivity contribution in [3.05, 3.63) is 59.4 Å². The van der Waals surface area contributed by atoms with Crippen molar-refractivity contribution >= 4 is 48.4 Å². The molecule has 13 nitrogen and oxygen atoms in total. The second kappa shape index (κ2) is 18.3. The Balaban J connectivity index is 0. The van der Waals surface area contributed by atoms with E-state index in [1.54, 1.807) is 39.0 Å². The van der Waals surface area contributed by atoms with Gasteiger partial charge in [-0.1, -0.05) is 18.2 Å². The number of aliphatic carboxylic acids is 3. The molecule has 1 aromatic heterocycles. The van der Waals surface area contributed by atoms with Crippen LogP contribution < -0.4 is 5.73 Å². The first-order valence-electron chi connectivity index (χ1n) is 11.3. The molecule has 0 saturated heterocycles. The highest BCUT2D eigenvalue weighted by Crippen LogP contribution is 2.17. The van der Waals surface area contributed by atoms with Crippen LogP contribution in [0.3, 0.4) is 0 Å². The van der Waals surface area contributed by atoms with Gasteiger partial charge in [0.2, 0.25) is 0 Å². The van der Waals surface area contributed by atoms with E-state index in [1.807, 2.05) is 18.2 Å². The number of anilines is 1. The average Bonchev–Trinajstić information content (AvgIpc) is 2.76. The third-order valence-electron chi connectivity index (χ3n) is 5.84. The molecule has 0 amide bonds. The van der Waals surface area contributed by atoms with E-state index in [2.05, 4.69) is 4.98 Å². The summed E-state index contributed by atoms with van der Waals surface area (Å²) in [5.74, 6) is -2.98. The number of halogens is 2. The fourth-order valence-corrected chi connectivity index (χ4v) is 4.28. The van der Waals surface area contributed by atoms with Crippen molar-refractivity contribution in [1.29, 1.82) is 0 Å². The highest BCUT2D eigenvalue weighted by Gasteiger charge is 2.27. The van der Waals surface area contributed by atoms with Crippen molar-refractivity contribution in [1.82, 2.24) is 19.7 Å². The third kappa shape index (κ3) is 13.0. The number of carboxylic acid groups (broad SMARTS) is 3. The molecule has 2 heterocycles. The quantitative estimate of drug-likeness (QED) is 0.289. The summed E-state index contributed by atoms with van der Waals surface area (Å²) in [5, 5.41) is 28.5. The van der Waals surface area contributed by atoms with Gasteiger partial charge in [0, 0.05) is 44.5 Å². The normalized spacial score (nSPS) is 16.5. The Morgan fingerprint density at radius 1 is 0.795 bits per heavy atom. The first-order valence-corrected chi connectivity index (χ1v) is 11.3. The number of hydrogen-bond donors (Lipinski definition) is 4. The van der Waals surface area contributed by atoms with Crippen LogP contribution in [0.15, 0.2) is 42.5 Å². The molecule has 1 atom stereocenters. The minimum absolute atomic E-state index is 0. The number of pyridine rings is 1. The second-order valence-electron chi connectivity index (χ2n) is 8.75. The maximum Gasteiger partial charge on any atom is 0.317 e. The Bertz CT molecular complexity index is 1050. The molecule has 1 aliphatic heterocycles. The molecule has 15 heteroatoms. The van der Waals surface area contributed by atoms with Gasteiger partial charge in [-0.3, -0.25) is 34.1 Å². The van der Waals surface area contributed by atoms with Gasteiger partial charge in [0.15, 0.2) is 0 Å². The van der Waals surface area contributed by atoms with Crippen LogP contribution in [0.1, 0.15) is 17.0 Å². The predicted octanol–water partition coefficient (Wildman–Crippen LogP) is -0.357. The van der Waals surface area contributed by atoms with Crippen molar-refractivity contribution in [3.8, 4) is 0 Å². The number of hydrogen-bond acceptors (Lipinski definition) is 8. The van der Waals surface area contributed by atoms with Gasteiger partial charge in [0.25, 0.3) is 0 Å². The molecule has 2 bridgehead atoms. The Labute approximate surface area is 238 Å². The van der Waals surface area contributed by atoms with Crippen LogP contribution in [-0.4, -0.2) is 109 Å². The van der Waals surface area contributed by atoms with Crippen molar-refractivity contribution in [2.24, 2.45) is 0 Å². The average molecular weight is 594 g/mol. The van der Waals surface area contributed by atoms with Crippen LogP contribution in [0.4, 0.5) is 5.69 Å². The number of carboxylic acids is 3. The molecule has 0 radical (unpaired) electrons. The second-order valence-corrected chi connectivity index (χ2v) is 8.75. The van der Waals surface area contributed by atoms with Crippen molar-refractivity contribution in [3.63, 3.8) is 0 Å². The number of fused-ring (bicyclic) bond motifs is 2. The van der Waals surface area contributed by atoms with E-state index < -0.39 is 17.9 Å². The van der Waals surface area contributed by atoms with E-state index in [4.69, 9.17) is 5.73 Å². The van der Waals surface area contributed by atoms with Gasteiger partial charge in [0.05, 0.1) is 31.0 Å². The number of benzene rings is 1. The first-order chi connectivity index (χ1) is 16.7. The minimum Gasteiger partial charge on any atom is -0.480 e. The topological polar surface area (TPSA) is 224 Å². The van der Waals surface area contributed by atoms with Gasteiger partial charge >= 0.3 is 17.9 Å². The van der Waals surface area contributed by atoms with Gasteiger partial charge in [0.1, 0.15) is 0 Å². The van der Waals surface area contributed by atoms with Crippen LogP contribution in [0.5, 0.6) is 0 Å². The molecule has 220 valence electrons. The Morgan fingerprint density at radius 2 is 1.31 bits per heavy atom. The van der Waals surface area contributed by atoms with Crippen LogP contribution in [0, 0.1) is 0 Å². The lowest BCUT2D eigenvalue weighted by Gasteiger charge is -2.35. The summed E-state index contributed by atoms with van der Waals surface area (Å²) in [4.78, 5) is 44.7. The predicted molar refractivity (Wildman–Crippen MR) is 149 cm³/mol. The molecule has 2 aromatic rings. The van der Waals surface area contributed by atoms with E-state index in [-0.39, 0.29) is 81.1 Å². The van der Waals surface area contributed by atoms with E-state index in [0.29, 0.717) is 36.6 Å². The molecule has 0 aliphatic carbocycles. The number of carbonyl (C=O) groups is 3. The summed E-state index contributed by atoms with van der Waals surface area (Å²) in [5.41, 5.74) is 8.69. The lowest BCUT2D eigenvalue weighted by molar-refractivity contribution is -0.141. The number of rotatable bonds is 8. The molecule has 39 heavy (non-hydrogen) atoms. The molecular weight excluding hydrogens is 557 g/mol. The van der Waals surface area contributed by atoms with Crippen LogP contribution in [0.2, 0.25) is 0 Å². The summed E-state index contributed by atoms with van der Waals surface area (Å²) in [6, 6.07) is 12.4. The summed E-state index contributed by atoms with van der Waals surface area (Å²) in [6.45, 7) is 0.754. The van der Waals surface area contributed by atoms with Crippen LogP contribution >= 0.6 is 24.8 Å². The summed E-state index contributed by atoms with van der Waals surface area (Å²) < 4.78 is 0. The molecule has 9 N–H and O–H groups in total. The first kappa shape index (κ1) is 38.1. The van der Waals surface area contributed by atoms with Crippen molar-refractivity contribution in [2.45, 2.75) is 25.6 Å². The molecule has 0 fully saturated rings. The fraction of sp³-hybridized carbons (Fsp3) is 0.417. The summed E-state index contributed by atoms with van der Waals surface area (Å²) >= 11 is 0. The minimum atomic E-state index is -1.01. The van der Waals surface area contributed by atoms with Crippen LogP contribution in [0.25, 0.3) is 0 Å². The SMILES string of the molecule is Cl.Cl.Nc1ccc(C[C@H]2CN(CC(=O)O)CCN(CC(=O)O)Cc3cccc(n3)CN2CC(=O)O)cc1.O.O. The van der Waals surface area contributed by atoms with Gasteiger partial charge in [-0.25, -0.2) is 0 Å². The van der Waals surface area contributed by atoms with Gasteiger partial charge < -0.3 is 32.0 Å². The fourth-order valence-electron chi connectivity index (χ4n) is 4.28. The number of nitrogen functional groups attached to an aromatic ring is 1. The van der Waals surface area contributed by atoms with Gasteiger partial charge in [-0.2, -0.15) is 0 Å². The molecule has 1 aromatic carbocycles. The largest absolute Gasteiger partial charge is 0.480 e. The van der Waals surface area contributed by atoms with Gasteiger partial charge in [-0.05, 0) is 36.2 Å². The highest BCUT2D eigenvalue weighted by molar-refractivity contribution is 5.85. The standard InChI is InChI=1S/C24H31N5O6.2ClH.2H2O/c25-18-6-4-17(5-7-18)10-21-13-28(15-23(32)33)9-8-27(14-22(30)31)11-19-2-1-3-20(26-19)12-29(21)16-24(34)35;;;;/h1-7,21H,8-16,25H2,(H,30,31)(H,32,33)(H,34,35);2*1H;2*1H2/t21-;;;;/m0..../s1. The number of nitrogens with zero attached hydrogens (tertiary/aromatic N) is 4. The third-order valence-corrected chi connectivity index (χ3v) is 5.84. The summed E-state index contributed by atoms with van der Waals surface area (Å²) in [6.07, 6.45) is 0.474. The number of nitrogens with two attached hydrogens (primary N) is 1. The molecule has 0 saturated carbocycles. The summed E-state index contributed by atoms with van der Waals surface area (Å²) in [7, 11) is 0. The van der Waals surface area contributed by atoms with Crippen molar-refractivity contribution in [2.75, 3.05) is 45.0 Å². The molecule has 1 aliphatic rings. The lowest BCUT2D eigenvalue weighted by Crippen LogP contribution is -2.50. The zero-order chi connectivity index (χ0) is 25.4. The van der Waals surface area contributed by atoms with Gasteiger partial charge in [-0.15, -0.1) is 24.8 Å². The zero-order valence-corrected chi connectivity index (χ0v) is 22.9. The van der Waals surface area contributed by atoms with E-state index in [9.17, 15) is 29.7 Å². The maximum atomic E-state index is 11.8. The molecule has 0 spiro atoms. The maximum absolute atomic E-state index is 11.8. The molecular formula is C24H37Cl2N5O8. The monoisotopic (exact) mass is 593 g/mol. The highest BCUT2D eigenvalue weighted by atomic mass is 35.5. The lowest BCUT2D eigenvalue weighted by atomic mass is 10.0. The van der Waals surface area contributed by atoms with E-state index >= 15 is 0 Å². The Kier molecular flexibility index (Phi) is 17.9. The smallest absolute Gasteiger partial charge is 0.317 e. The van der Waals surface area contributed by atoms with Crippen molar-refractivity contribution < 1.29 is 40.7 Å². The molecule has 3 rings (SSSR count).